The lowest BCUT2D eigenvalue weighted by Crippen LogP contribution is -2.40. The zero-order valence-corrected chi connectivity index (χ0v) is 10.1. The number of ether oxygens (including phenoxy) is 1. The van der Waals surface area contributed by atoms with Gasteiger partial charge in [0.15, 0.2) is 5.82 Å². The van der Waals surface area contributed by atoms with Crippen molar-refractivity contribution in [3.63, 3.8) is 0 Å². The molecule has 5 heteroatoms. The maximum Gasteiger partial charge on any atom is 0.151 e. The Bertz CT molecular complexity index is 372. The van der Waals surface area contributed by atoms with Crippen LogP contribution < -0.4 is 10.6 Å². The average Bonchev–Trinajstić information content (AvgIpc) is 2.29. The molecule has 1 atom stereocenters. The number of nitrogen functional groups attached to an aromatic ring is 1. The molecule has 2 N–H and O–H groups in total. The van der Waals surface area contributed by atoms with Crippen LogP contribution in [0, 0.1) is 0 Å². The van der Waals surface area contributed by atoms with E-state index in [-0.39, 0.29) is 6.10 Å². The van der Waals surface area contributed by atoms with Gasteiger partial charge in [0, 0.05) is 26.4 Å². The fraction of sp³-hybridized carbons (Fsp3) is 0.545. The molecule has 0 aliphatic carbocycles. The molecule has 1 aromatic heterocycles. The number of nitrogens with zero attached hydrogens (tertiary/aromatic N) is 2. The van der Waals surface area contributed by atoms with Crippen molar-refractivity contribution in [1.82, 2.24) is 4.98 Å². The van der Waals surface area contributed by atoms with Gasteiger partial charge in [0.25, 0.3) is 0 Å². The van der Waals surface area contributed by atoms with Gasteiger partial charge in [-0.25, -0.2) is 4.98 Å². The number of anilines is 2. The molecule has 1 fully saturated rings. The van der Waals surface area contributed by atoms with E-state index in [2.05, 4.69) is 9.88 Å². The second-order valence-electron chi connectivity index (χ2n) is 4.01. The maximum atomic E-state index is 5.91. The second-order valence-corrected chi connectivity index (χ2v) is 4.45. The van der Waals surface area contributed by atoms with Gasteiger partial charge in [-0.1, -0.05) is 11.6 Å². The first-order valence-electron chi connectivity index (χ1n) is 5.39. The summed E-state index contributed by atoms with van der Waals surface area (Å²) in [7, 11) is 1.74. The number of pyridine rings is 1. The van der Waals surface area contributed by atoms with E-state index in [1.165, 1.54) is 0 Å². The summed E-state index contributed by atoms with van der Waals surface area (Å²) < 4.78 is 5.37. The molecule has 0 radical (unpaired) electrons. The number of methoxy groups -OCH3 is 1. The number of hydrogen-bond donors (Lipinski definition) is 1. The molecular weight excluding hydrogens is 226 g/mol. The van der Waals surface area contributed by atoms with Crippen LogP contribution in [0.15, 0.2) is 12.3 Å². The van der Waals surface area contributed by atoms with E-state index in [4.69, 9.17) is 22.1 Å². The van der Waals surface area contributed by atoms with Crippen molar-refractivity contribution in [2.45, 2.75) is 18.9 Å². The first kappa shape index (κ1) is 11.5. The van der Waals surface area contributed by atoms with Crippen LogP contribution in [0.3, 0.4) is 0 Å². The summed E-state index contributed by atoms with van der Waals surface area (Å²) in [5, 5.41) is 0.571. The molecule has 0 aromatic carbocycles. The number of piperidine rings is 1. The highest BCUT2D eigenvalue weighted by Crippen LogP contribution is 2.26. The van der Waals surface area contributed by atoms with Gasteiger partial charge in [-0.2, -0.15) is 0 Å². The Balaban J connectivity index is 2.16. The molecule has 0 bridgehead atoms. The SMILES string of the molecule is COC1CCCN(c2ncc(Cl)cc2N)C1. The highest BCUT2D eigenvalue weighted by molar-refractivity contribution is 6.30. The van der Waals surface area contributed by atoms with Crippen LogP contribution in [-0.2, 0) is 4.74 Å². The molecular formula is C11H16ClN3O. The lowest BCUT2D eigenvalue weighted by Gasteiger charge is -2.33. The molecule has 2 heterocycles. The Morgan fingerprint density at radius 1 is 1.62 bits per heavy atom. The predicted molar refractivity (Wildman–Crippen MR) is 65.9 cm³/mol. The summed E-state index contributed by atoms with van der Waals surface area (Å²) in [4.78, 5) is 6.44. The van der Waals surface area contributed by atoms with E-state index in [9.17, 15) is 0 Å². The third-order valence-electron chi connectivity index (χ3n) is 2.87. The van der Waals surface area contributed by atoms with Crippen molar-refractivity contribution in [3.05, 3.63) is 17.3 Å². The van der Waals surface area contributed by atoms with Crippen molar-refractivity contribution < 1.29 is 4.74 Å². The highest BCUT2D eigenvalue weighted by Gasteiger charge is 2.21. The molecule has 1 saturated heterocycles. The quantitative estimate of drug-likeness (QED) is 0.860. The Kier molecular flexibility index (Phi) is 3.51. The summed E-state index contributed by atoms with van der Waals surface area (Å²) >= 11 is 5.83. The molecule has 16 heavy (non-hydrogen) atoms. The van der Waals surface area contributed by atoms with Crippen molar-refractivity contribution in [2.75, 3.05) is 30.8 Å². The van der Waals surface area contributed by atoms with Gasteiger partial charge in [0.1, 0.15) is 0 Å². The summed E-state index contributed by atoms with van der Waals surface area (Å²) in [6.45, 7) is 1.81. The number of aromatic nitrogens is 1. The van der Waals surface area contributed by atoms with E-state index in [1.807, 2.05) is 0 Å². The summed E-state index contributed by atoms with van der Waals surface area (Å²) in [5.74, 6) is 0.811. The van der Waals surface area contributed by atoms with Crippen LogP contribution in [0.4, 0.5) is 11.5 Å². The Hall–Kier alpha value is -1.00. The molecule has 1 aromatic rings. The van der Waals surface area contributed by atoms with Crippen molar-refractivity contribution in [1.29, 1.82) is 0 Å². The minimum absolute atomic E-state index is 0.269. The lowest BCUT2D eigenvalue weighted by molar-refractivity contribution is 0.0892. The second kappa shape index (κ2) is 4.89. The summed E-state index contributed by atoms with van der Waals surface area (Å²) in [6, 6.07) is 1.74. The number of halogens is 1. The average molecular weight is 242 g/mol. The van der Waals surface area contributed by atoms with Crippen LogP contribution in [-0.4, -0.2) is 31.3 Å². The minimum Gasteiger partial charge on any atom is -0.396 e. The molecule has 2 rings (SSSR count). The van der Waals surface area contributed by atoms with Crippen LogP contribution in [0.2, 0.25) is 5.02 Å². The van der Waals surface area contributed by atoms with Crippen LogP contribution in [0.5, 0.6) is 0 Å². The zero-order chi connectivity index (χ0) is 11.5. The largest absolute Gasteiger partial charge is 0.396 e. The molecule has 0 spiro atoms. The van der Waals surface area contributed by atoms with Gasteiger partial charge in [0.2, 0.25) is 0 Å². The standard InChI is InChI=1S/C11H16ClN3O/c1-16-9-3-2-4-15(7-9)11-10(13)5-8(12)6-14-11/h5-6,9H,2-4,7,13H2,1H3. The van der Waals surface area contributed by atoms with Crippen molar-refractivity contribution in [3.8, 4) is 0 Å². The molecule has 1 aliphatic heterocycles. The van der Waals surface area contributed by atoms with Gasteiger partial charge in [-0.15, -0.1) is 0 Å². The zero-order valence-electron chi connectivity index (χ0n) is 9.32. The van der Waals surface area contributed by atoms with Crippen LogP contribution >= 0.6 is 11.6 Å². The van der Waals surface area contributed by atoms with E-state index >= 15 is 0 Å². The third-order valence-corrected chi connectivity index (χ3v) is 3.08. The first-order chi connectivity index (χ1) is 7.70. The molecule has 0 amide bonds. The van der Waals surface area contributed by atoms with E-state index in [1.54, 1.807) is 19.4 Å². The summed E-state index contributed by atoms with van der Waals surface area (Å²) in [6.07, 6.45) is 4.09. The normalized spacial score (nSPS) is 21.1. The van der Waals surface area contributed by atoms with Crippen molar-refractivity contribution >= 4 is 23.1 Å². The van der Waals surface area contributed by atoms with Gasteiger partial charge in [-0.05, 0) is 18.9 Å². The fourth-order valence-corrected chi connectivity index (χ4v) is 2.20. The number of rotatable bonds is 2. The van der Waals surface area contributed by atoms with Gasteiger partial charge in [0.05, 0.1) is 16.8 Å². The molecule has 1 aliphatic rings. The van der Waals surface area contributed by atoms with E-state index in [0.717, 1.165) is 31.7 Å². The van der Waals surface area contributed by atoms with E-state index < -0.39 is 0 Å². The number of nitrogens with two attached hydrogens (primary N) is 1. The minimum atomic E-state index is 0.269. The Labute approximate surface area is 100 Å². The van der Waals surface area contributed by atoms with Gasteiger partial charge in [-0.3, -0.25) is 0 Å². The van der Waals surface area contributed by atoms with Crippen LogP contribution in [0.25, 0.3) is 0 Å². The highest BCUT2D eigenvalue weighted by atomic mass is 35.5. The van der Waals surface area contributed by atoms with E-state index in [0.29, 0.717) is 10.7 Å². The van der Waals surface area contributed by atoms with Crippen LogP contribution in [0.1, 0.15) is 12.8 Å². The Morgan fingerprint density at radius 3 is 3.12 bits per heavy atom. The Morgan fingerprint density at radius 2 is 2.44 bits per heavy atom. The van der Waals surface area contributed by atoms with Crippen molar-refractivity contribution in [2.24, 2.45) is 0 Å². The lowest BCUT2D eigenvalue weighted by atomic mass is 10.1. The third kappa shape index (κ3) is 2.39. The predicted octanol–water partition coefficient (Wildman–Crippen LogP) is 1.93. The maximum absolute atomic E-state index is 5.91. The van der Waals surface area contributed by atoms with Gasteiger partial charge >= 0.3 is 0 Å². The smallest absolute Gasteiger partial charge is 0.151 e. The molecule has 88 valence electrons. The fourth-order valence-electron chi connectivity index (χ4n) is 2.03. The topological polar surface area (TPSA) is 51.4 Å². The summed E-state index contributed by atoms with van der Waals surface area (Å²) in [5.41, 5.74) is 6.54. The molecule has 0 saturated carbocycles. The van der Waals surface area contributed by atoms with Gasteiger partial charge < -0.3 is 15.4 Å². The molecule has 4 nitrogen and oxygen atoms in total. The first-order valence-corrected chi connectivity index (χ1v) is 5.77. The molecule has 1 unspecified atom stereocenters. The monoisotopic (exact) mass is 241 g/mol. The number of hydrogen-bond acceptors (Lipinski definition) is 4.